The summed E-state index contributed by atoms with van der Waals surface area (Å²) in [7, 11) is 0. The molecule has 7 heteroatoms. The summed E-state index contributed by atoms with van der Waals surface area (Å²) in [5, 5.41) is 23.5. The summed E-state index contributed by atoms with van der Waals surface area (Å²) in [6.07, 6.45) is 9.28. The highest BCUT2D eigenvalue weighted by atomic mass is 32.1. The third-order valence-corrected chi connectivity index (χ3v) is 4.90. The first-order chi connectivity index (χ1) is 10.3. The molecule has 3 heterocycles. The van der Waals surface area contributed by atoms with Crippen molar-refractivity contribution in [1.29, 1.82) is 0 Å². The Hall–Kier alpha value is -2.02. The molecule has 0 radical (unpaired) electrons. The van der Waals surface area contributed by atoms with Crippen molar-refractivity contribution in [3.8, 4) is 16.3 Å². The van der Waals surface area contributed by atoms with Gasteiger partial charge < -0.3 is 5.11 Å². The van der Waals surface area contributed by atoms with Crippen molar-refractivity contribution >= 4 is 16.3 Å². The molecule has 21 heavy (non-hydrogen) atoms. The van der Waals surface area contributed by atoms with E-state index in [9.17, 15) is 5.11 Å². The van der Waals surface area contributed by atoms with Gasteiger partial charge in [0.05, 0.1) is 6.20 Å². The van der Waals surface area contributed by atoms with Crippen LogP contribution in [0.1, 0.15) is 43.8 Å². The lowest BCUT2D eigenvalue weighted by atomic mass is 9.89. The minimum atomic E-state index is 0.144. The second-order valence-electron chi connectivity index (χ2n) is 5.43. The SMILES string of the molecule is Oc1cncc(-c2nn3c(C4CCCCC4)nnc3s2)c1. The Morgan fingerprint density at radius 2 is 2.00 bits per heavy atom. The monoisotopic (exact) mass is 301 g/mol. The Morgan fingerprint density at radius 3 is 2.81 bits per heavy atom. The maximum Gasteiger partial charge on any atom is 0.234 e. The average Bonchev–Trinajstić information content (AvgIpc) is 3.08. The van der Waals surface area contributed by atoms with Crippen molar-refractivity contribution in [2.45, 2.75) is 38.0 Å². The van der Waals surface area contributed by atoms with Gasteiger partial charge in [-0.2, -0.15) is 9.61 Å². The number of nitrogens with zero attached hydrogens (tertiary/aromatic N) is 5. The molecule has 0 unspecified atom stereocenters. The fraction of sp³-hybridized carbons (Fsp3) is 0.429. The van der Waals surface area contributed by atoms with Gasteiger partial charge in [-0.15, -0.1) is 10.2 Å². The molecule has 0 spiro atoms. The van der Waals surface area contributed by atoms with Gasteiger partial charge in [-0.1, -0.05) is 30.6 Å². The molecule has 0 saturated heterocycles. The van der Waals surface area contributed by atoms with Gasteiger partial charge in [0.15, 0.2) is 5.82 Å². The molecular formula is C14H15N5OS. The van der Waals surface area contributed by atoms with Gasteiger partial charge in [-0.05, 0) is 18.9 Å². The van der Waals surface area contributed by atoms with Gasteiger partial charge in [-0.3, -0.25) is 4.98 Å². The summed E-state index contributed by atoms with van der Waals surface area (Å²) in [5.74, 6) is 1.58. The average molecular weight is 301 g/mol. The largest absolute Gasteiger partial charge is 0.506 e. The molecule has 6 nitrogen and oxygen atoms in total. The highest BCUT2D eigenvalue weighted by Crippen LogP contribution is 2.33. The lowest BCUT2D eigenvalue weighted by Gasteiger charge is -2.18. The first-order valence-corrected chi connectivity index (χ1v) is 7.99. The van der Waals surface area contributed by atoms with Crippen LogP contribution in [0.15, 0.2) is 18.5 Å². The Bertz CT molecular complexity index is 775. The number of aromatic hydroxyl groups is 1. The van der Waals surface area contributed by atoms with Crippen LogP contribution in [-0.4, -0.2) is 29.9 Å². The van der Waals surface area contributed by atoms with Gasteiger partial charge >= 0.3 is 0 Å². The Labute approximate surface area is 125 Å². The Kier molecular flexibility index (Phi) is 3.07. The van der Waals surface area contributed by atoms with Gasteiger partial charge in [-0.25, -0.2) is 0 Å². The maximum absolute atomic E-state index is 9.54. The van der Waals surface area contributed by atoms with E-state index in [1.54, 1.807) is 12.3 Å². The number of hydrogen-bond donors (Lipinski definition) is 1. The fourth-order valence-electron chi connectivity index (χ4n) is 2.91. The smallest absolute Gasteiger partial charge is 0.234 e. The molecule has 1 saturated carbocycles. The van der Waals surface area contributed by atoms with Crippen LogP contribution in [0.4, 0.5) is 0 Å². The van der Waals surface area contributed by atoms with Gasteiger partial charge in [0, 0.05) is 17.7 Å². The van der Waals surface area contributed by atoms with Gasteiger partial charge in [0.2, 0.25) is 4.96 Å². The molecule has 108 valence electrons. The molecule has 0 bridgehead atoms. The van der Waals surface area contributed by atoms with Crippen molar-refractivity contribution < 1.29 is 5.11 Å². The molecule has 0 aliphatic heterocycles. The number of rotatable bonds is 2. The molecule has 3 aromatic rings. The maximum atomic E-state index is 9.54. The van der Waals surface area contributed by atoms with Crippen molar-refractivity contribution in [1.82, 2.24) is 24.8 Å². The third-order valence-electron chi connectivity index (χ3n) is 3.96. The minimum Gasteiger partial charge on any atom is -0.506 e. The zero-order chi connectivity index (χ0) is 14.2. The van der Waals surface area contributed by atoms with Crippen molar-refractivity contribution in [2.24, 2.45) is 0 Å². The zero-order valence-electron chi connectivity index (χ0n) is 11.4. The molecule has 0 amide bonds. The summed E-state index contributed by atoms with van der Waals surface area (Å²) in [4.78, 5) is 4.80. The highest BCUT2D eigenvalue weighted by molar-refractivity contribution is 7.19. The number of hydrogen-bond acceptors (Lipinski definition) is 6. The summed E-state index contributed by atoms with van der Waals surface area (Å²) in [5.41, 5.74) is 0.806. The van der Waals surface area contributed by atoms with Crippen LogP contribution < -0.4 is 0 Å². The molecule has 3 aromatic heterocycles. The lowest BCUT2D eigenvalue weighted by molar-refractivity contribution is 0.423. The van der Waals surface area contributed by atoms with Crippen LogP contribution >= 0.6 is 11.3 Å². The summed E-state index contributed by atoms with van der Waals surface area (Å²) in [6, 6.07) is 1.67. The van der Waals surface area contributed by atoms with E-state index in [0.717, 1.165) is 21.4 Å². The van der Waals surface area contributed by atoms with E-state index < -0.39 is 0 Å². The zero-order valence-corrected chi connectivity index (χ0v) is 12.3. The highest BCUT2D eigenvalue weighted by Gasteiger charge is 2.23. The molecule has 1 aliphatic rings. The predicted octanol–water partition coefficient (Wildman–Crippen LogP) is 3.00. The van der Waals surface area contributed by atoms with E-state index in [-0.39, 0.29) is 5.75 Å². The lowest BCUT2D eigenvalue weighted by Crippen LogP contribution is -2.09. The minimum absolute atomic E-state index is 0.144. The van der Waals surface area contributed by atoms with Crippen LogP contribution in [0.3, 0.4) is 0 Å². The van der Waals surface area contributed by atoms with E-state index in [4.69, 9.17) is 0 Å². The molecule has 0 aromatic carbocycles. The van der Waals surface area contributed by atoms with E-state index in [2.05, 4.69) is 20.3 Å². The molecule has 1 fully saturated rings. The van der Waals surface area contributed by atoms with E-state index in [1.165, 1.54) is 49.6 Å². The quantitative estimate of drug-likeness (QED) is 0.787. The van der Waals surface area contributed by atoms with Crippen LogP contribution in [-0.2, 0) is 0 Å². The van der Waals surface area contributed by atoms with Crippen molar-refractivity contribution in [3.63, 3.8) is 0 Å². The van der Waals surface area contributed by atoms with Crippen LogP contribution in [0, 0.1) is 0 Å². The molecule has 1 aliphatic carbocycles. The third kappa shape index (κ3) is 2.27. The molecular weight excluding hydrogens is 286 g/mol. The summed E-state index contributed by atoms with van der Waals surface area (Å²) >= 11 is 1.47. The van der Waals surface area contributed by atoms with Crippen molar-refractivity contribution in [3.05, 3.63) is 24.3 Å². The first-order valence-electron chi connectivity index (χ1n) is 7.18. The van der Waals surface area contributed by atoms with E-state index >= 15 is 0 Å². The van der Waals surface area contributed by atoms with Gasteiger partial charge in [0.1, 0.15) is 10.8 Å². The van der Waals surface area contributed by atoms with E-state index in [1.807, 2.05) is 4.52 Å². The molecule has 4 rings (SSSR count). The van der Waals surface area contributed by atoms with Crippen LogP contribution in [0.25, 0.3) is 15.5 Å². The Morgan fingerprint density at radius 1 is 1.14 bits per heavy atom. The van der Waals surface area contributed by atoms with E-state index in [0.29, 0.717) is 5.92 Å². The number of fused-ring (bicyclic) bond motifs is 1. The molecule has 1 N–H and O–H groups in total. The fourth-order valence-corrected chi connectivity index (χ4v) is 3.74. The Balaban J connectivity index is 1.75. The van der Waals surface area contributed by atoms with Gasteiger partial charge in [0.25, 0.3) is 0 Å². The van der Waals surface area contributed by atoms with Crippen LogP contribution in [0.5, 0.6) is 5.75 Å². The van der Waals surface area contributed by atoms with Crippen LogP contribution in [0.2, 0.25) is 0 Å². The number of aromatic nitrogens is 5. The predicted molar refractivity (Wildman–Crippen MR) is 79.4 cm³/mol. The second kappa shape index (κ2) is 5.07. The first kappa shape index (κ1) is 12.7. The topological polar surface area (TPSA) is 76.2 Å². The van der Waals surface area contributed by atoms with Crippen molar-refractivity contribution in [2.75, 3.05) is 0 Å². The summed E-state index contributed by atoms with van der Waals surface area (Å²) < 4.78 is 1.86. The standard InChI is InChI=1S/C14H15N5OS/c20-11-6-10(7-15-8-11)13-18-19-12(16-17-14(19)21-13)9-4-2-1-3-5-9/h6-9,20H,1-5H2. The summed E-state index contributed by atoms with van der Waals surface area (Å²) in [6.45, 7) is 0. The number of pyridine rings is 1. The second-order valence-corrected chi connectivity index (χ2v) is 6.38. The molecule has 0 atom stereocenters. The normalized spacial score (nSPS) is 16.6.